The minimum atomic E-state index is 0.511. The van der Waals surface area contributed by atoms with Crippen LogP contribution in [0.2, 0.25) is 0 Å². The van der Waals surface area contributed by atoms with Crippen LogP contribution in [0.5, 0.6) is 0 Å². The molecule has 106 valence electrons. The summed E-state index contributed by atoms with van der Waals surface area (Å²) in [4.78, 5) is 2.61. The molecule has 1 aromatic heterocycles. The van der Waals surface area contributed by atoms with Crippen LogP contribution >= 0.6 is 0 Å². The number of hydrogen-bond acceptors (Lipinski definition) is 1. The minimum absolute atomic E-state index is 0.511. The van der Waals surface area contributed by atoms with Crippen LogP contribution in [0.3, 0.4) is 0 Å². The predicted octanol–water partition coefficient (Wildman–Crippen LogP) is 3.64. The molecule has 1 saturated heterocycles. The molecule has 2 heterocycles. The van der Waals surface area contributed by atoms with Crippen LogP contribution in [-0.4, -0.2) is 29.1 Å². The molecule has 0 spiro atoms. The van der Waals surface area contributed by atoms with E-state index in [1.165, 1.54) is 50.2 Å². The van der Waals surface area contributed by atoms with Crippen LogP contribution < -0.4 is 0 Å². The van der Waals surface area contributed by atoms with Crippen molar-refractivity contribution in [1.82, 2.24) is 9.47 Å². The van der Waals surface area contributed by atoms with E-state index in [4.69, 9.17) is 0 Å². The number of aryl methyl sites for hydroxylation is 1. The van der Waals surface area contributed by atoms with Crippen LogP contribution in [0.15, 0.2) is 48.7 Å². The van der Waals surface area contributed by atoms with Gasteiger partial charge in [-0.25, -0.2) is 0 Å². The molecule has 0 aliphatic carbocycles. The van der Waals surface area contributed by atoms with Gasteiger partial charge in [0.05, 0.1) is 0 Å². The Labute approximate surface area is 122 Å². The summed E-state index contributed by atoms with van der Waals surface area (Å²) in [6, 6.07) is 15.4. The molecule has 0 bridgehead atoms. The Morgan fingerprint density at radius 2 is 1.75 bits per heavy atom. The highest BCUT2D eigenvalue weighted by Gasteiger charge is 2.19. The molecule has 20 heavy (non-hydrogen) atoms. The van der Waals surface area contributed by atoms with Gasteiger partial charge in [-0.05, 0) is 56.6 Å². The Morgan fingerprint density at radius 1 is 1.00 bits per heavy atom. The maximum atomic E-state index is 2.61. The van der Waals surface area contributed by atoms with Gasteiger partial charge >= 0.3 is 0 Å². The zero-order valence-corrected chi connectivity index (χ0v) is 12.3. The zero-order valence-electron chi connectivity index (χ0n) is 12.3. The smallest absolute Gasteiger partial charge is 0.0255 e. The van der Waals surface area contributed by atoms with Gasteiger partial charge in [0.2, 0.25) is 0 Å². The first-order chi connectivity index (χ1) is 9.84. The number of likely N-dealkylation sites (tertiary alicyclic amines) is 1. The molecule has 1 aromatic carbocycles. The van der Waals surface area contributed by atoms with Gasteiger partial charge < -0.3 is 9.47 Å². The quantitative estimate of drug-likeness (QED) is 0.803. The third kappa shape index (κ3) is 2.96. The van der Waals surface area contributed by atoms with Crippen LogP contribution in [-0.2, 0) is 7.05 Å². The van der Waals surface area contributed by atoms with E-state index in [1.54, 1.807) is 0 Å². The van der Waals surface area contributed by atoms with Crippen molar-refractivity contribution in [2.45, 2.75) is 25.2 Å². The summed E-state index contributed by atoms with van der Waals surface area (Å²) in [5.41, 5.74) is 2.86. The highest BCUT2D eigenvalue weighted by molar-refractivity contribution is 5.29. The van der Waals surface area contributed by atoms with Crippen molar-refractivity contribution in [3.8, 4) is 0 Å². The average molecular weight is 268 g/mol. The van der Waals surface area contributed by atoms with E-state index in [0.717, 1.165) is 0 Å². The highest BCUT2D eigenvalue weighted by Crippen LogP contribution is 2.28. The Hall–Kier alpha value is -1.54. The fourth-order valence-electron chi connectivity index (χ4n) is 3.32. The van der Waals surface area contributed by atoms with Crippen LogP contribution in [0.4, 0.5) is 0 Å². The van der Waals surface area contributed by atoms with Gasteiger partial charge in [-0.2, -0.15) is 0 Å². The molecule has 1 aliphatic rings. The first-order valence-electron chi connectivity index (χ1n) is 7.73. The molecule has 1 atom stereocenters. The summed E-state index contributed by atoms with van der Waals surface area (Å²) >= 11 is 0. The monoisotopic (exact) mass is 268 g/mol. The van der Waals surface area contributed by atoms with Crippen molar-refractivity contribution in [3.05, 3.63) is 59.9 Å². The van der Waals surface area contributed by atoms with E-state index in [1.807, 2.05) is 0 Å². The second-order valence-electron chi connectivity index (χ2n) is 5.84. The maximum absolute atomic E-state index is 2.61. The van der Waals surface area contributed by atoms with Crippen molar-refractivity contribution < 1.29 is 0 Å². The number of nitrogens with zero attached hydrogens (tertiary/aromatic N) is 2. The standard InChI is InChI=1S/C18H24N2/c1-19-12-7-10-18(19)17(16-8-3-2-4-9-16)11-15-20-13-5-6-14-20/h2-4,7-10,12,17H,5-6,11,13-15H2,1H3. The normalized spacial score (nSPS) is 17.4. The lowest BCUT2D eigenvalue weighted by atomic mass is 9.92. The van der Waals surface area contributed by atoms with Gasteiger partial charge in [0.25, 0.3) is 0 Å². The zero-order chi connectivity index (χ0) is 13.8. The minimum Gasteiger partial charge on any atom is -0.354 e. The molecule has 1 unspecified atom stereocenters. The number of hydrogen-bond donors (Lipinski definition) is 0. The van der Waals surface area contributed by atoms with Gasteiger partial charge in [-0.3, -0.25) is 0 Å². The third-order valence-corrected chi connectivity index (χ3v) is 4.48. The molecule has 0 amide bonds. The molecule has 2 aromatic rings. The summed E-state index contributed by atoms with van der Waals surface area (Å²) in [7, 11) is 2.15. The topological polar surface area (TPSA) is 8.17 Å². The van der Waals surface area contributed by atoms with E-state index in [-0.39, 0.29) is 0 Å². The molecular formula is C18H24N2. The lowest BCUT2D eigenvalue weighted by Crippen LogP contribution is -2.23. The Kier molecular flexibility index (Phi) is 4.22. The number of rotatable bonds is 5. The van der Waals surface area contributed by atoms with Gasteiger partial charge in [-0.1, -0.05) is 30.3 Å². The molecule has 3 rings (SSSR count). The number of benzene rings is 1. The van der Waals surface area contributed by atoms with Crippen LogP contribution in [0.25, 0.3) is 0 Å². The van der Waals surface area contributed by atoms with Crippen LogP contribution in [0.1, 0.15) is 36.4 Å². The maximum Gasteiger partial charge on any atom is 0.0255 e. The first-order valence-corrected chi connectivity index (χ1v) is 7.73. The summed E-state index contributed by atoms with van der Waals surface area (Å²) in [6.45, 7) is 3.79. The summed E-state index contributed by atoms with van der Waals surface area (Å²) in [5, 5.41) is 0. The first kappa shape index (κ1) is 13.4. The summed E-state index contributed by atoms with van der Waals surface area (Å²) in [6.07, 6.45) is 6.11. The molecule has 2 nitrogen and oxygen atoms in total. The molecule has 0 saturated carbocycles. The molecular weight excluding hydrogens is 244 g/mol. The molecule has 0 radical (unpaired) electrons. The van der Waals surface area contributed by atoms with Gasteiger partial charge in [0, 0.05) is 24.9 Å². The Morgan fingerprint density at radius 3 is 2.40 bits per heavy atom. The van der Waals surface area contributed by atoms with Crippen molar-refractivity contribution in [3.63, 3.8) is 0 Å². The van der Waals surface area contributed by atoms with Crippen molar-refractivity contribution in [1.29, 1.82) is 0 Å². The Bertz CT molecular complexity index is 523. The van der Waals surface area contributed by atoms with E-state index in [2.05, 4.69) is 65.2 Å². The van der Waals surface area contributed by atoms with E-state index in [0.29, 0.717) is 5.92 Å². The van der Waals surface area contributed by atoms with Crippen molar-refractivity contribution in [2.24, 2.45) is 7.05 Å². The second-order valence-corrected chi connectivity index (χ2v) is 5.84. The average Bonchev–Trinajstić information content (AvgIpc) is 3.13. The van der Waals surface area contributed by atoms with Crippen LogP contribution in [0, 0.1) is 0 Å². The predicted molar refractivity (Wildman–Crippen MR) is 84.0 cm³/mol. The molecule has 1 aliphatic heterocycles. The van der Waals surface area contributed by atoms with E-state index >= 15 is 0 Å². The third-order valence-electron chi connectivity index (χ3n) is 4.48. The lowest BCUT2D eigenvalue weighted by Gasteiger charge is -2.22. The molecule has 1 fully saturated rings. The fourth-order valence-corrected chi connectivity index (χ4v) is 3.32. The molecule has 0 N–H and O–H groups in total. The second kappa shape index (κ2) is 6.27. The summed E-state index contributed by atoms with van der Waals surface area (Å²) in [5.74, 6) is 0.511. The van der Waals surface area contributed by atoms with E-state index in [9.17, 15) is 0 Å². The highest BCUT2D eigenvalue weighted by atomic mass is 15.1. The number of aromatic nitrogens is 1. The van der Waals surface area contributed by atoms with Gasteiger partial charge in [0.15, 0.2) is 0 Å². The lowest BCUT2D eigenvalue weighted by molar-refractivity contribution is 0.326. The fraction of sp³-hybridized carbons (Fsp3) is 0.444. The SMILES string of the molecule is Cn1cccc1C(CCN1CCCC1)c1ccccc1. The van der Waals surface area contributed by atoms with Gasteiger partial charge in [-0.15, -0.1) is 0 Å². The largest absolute Gasteiger partial charge is 0.354 e. The van der Waals surface area contributed by atoms with Crippen molar-refractivity contribution >= 4 is 0 Å². The van der Waals surface area contributed by atoms with Crippen molar-refractivity contribution in [2.75, 3.05) is 19.6 Å². The Balaban J connectivity index is 1.78. The van der Waals surface area contributed by atoms with E-state index < -0.39 is 0 Å². The summed E-state index contributed by atoms with van der Waals surface area (Å²) < 4.78 is 2.27. The van der Waals surface area contributed by atoms with Gasteiger partial charge in [0.1, 0.15) is 0 Å². The molecule has 2 heteroatoms.